The van der Waals surface area contributed by atoms with Gasteiger partial charge in [-0.3, -0.25) is 0 Å². The molecule has 2 N–H and O–H groups in total. The van der Waals surface area contributed by atoms with Gasteiger partial charge in [0.25, 0.3) is 5.89 Å². The quantitative estimate of drug-likeness (QED) is 0.890. The third-order valence-corrected chi connectivity index (χ3v) is 2.90. The van der Waals surface area contributed by atoms with Crippen molar-refractivity contribution in [3.8, 4) is 0 Å². The molecule has 2 aromatic rings. The molecular weight excluding hydrogens is 242 g/mol. The zero-order chi connectivity index (χ0) is 13.8. The van der Waals surface area contributed by atoms with E-state index in [1.807, 2.05) is 0 Å². The van der Waals surface area contributed by atoms with Gasteiger partial charge in [0.2, 0.25) is 0 Å². The Hall–Kier alpha value is -1.72. The standard InChI is InChI=1S/C14H19N3O2/c1-9-4-10(2)6-11(5-9)7-13-16-14(19-17-13)12(8-15)18-3/h4-6,12H,7-8,15H2,1-3H3. The first-order valence-electron chi connectivity index (χ1n) is 6.25. The molecule has 0 aliphatic heterocycles. The molecule has 5 nitrogen and oxygen atoms in total. The first kappa shape index (κ1) is 13.7. The lowest BCUT2D eigenvalue weighted by molar-refractivity contribution is 0.0804. The Kier molecular flexibility index (Phi) is 4.29. The molecule has 0 fully saturated rings. The van der Waals surface area contributed by atoms with Crippen molar-refractivity contribution in [1.82, 2.24) is 10.1 Å². The summed E-state index contributed by atoms with van der Waals surface area (Å²) < 4.78 is 10.3. The van der Waals surface area contributed by atoms with Crippen LogP contribution in [0, 0.1) is 13.8 Å². The molecule has 0 saturated heterocycles. The van der Waals surface area contributed by atoms with E-state index >= 15 is 0 Å². The lowest BCUT2D eigenvalue weighted by atomic mass is 10.1. The van der Waals surface area contributed by atoms with Crippen molar-refractivity contribution in [3.63, 3.8) is 0 Å². The molecule has 0 spiro atoms. The van der Waals surface area contributed by atoms with Crippen LogP contribution >= 0.6 is 0 Å². The van der Waals surface area contributed by atoms with Crippen molar-refractivity contribution in [2.24, 2.45) is 5.73 Å². The number of nitrogens with zero attached hydrogens (tertiary/aromatic N) is 2. The van der Waals surface area contributed by atoms with Gasteiger partial charge in [-0.25, -0.2) is 0 Å². The zero-order valence-corrected chi connectivity index (χ0v) is 11.5. The fourth-order valence-electron chi connectivity index (χ4n) is 2.12. The van der Waals surface area contributed by atoms with Gasteiger partial charge in [0.15, 0.2) is 5.82 Å². The van der Waals surface area contributed by atoms with Gasteiger partial charge in [0.05, 0.1) is 0 Å². The van der Waals surface area contributed by atoms with Gasteiger partial charge < -0.3 is 15.0 Å². The molecule has 0 saturated carbocycles. The number of nitrogens with two attached hydrogens (primary N) is 1. The van der Waals surface area contributed by atoms with Crippen molar-refractivity contribution in [2.75, 3.05) is 13.7 Å². The minimum absolute atomic E-state index is 0.321. The molecule has 0 amide bonds. The van der Waals surface area contributed by atoms with Crippen molar-refractivity contribution >= 4 is 0 Å². The summed E-state index contributed by atoms with van der Waals surface area (Å²) in [7, 11) is 1.57. The number of hydrogen-bond acceptors (Lipinski definition) is 5. The fraction of sp³-hybridized carbons (Fsp3) is 0.429. The highest BCUT2D eigenvalue weighted by molar-refractivity contribution is 5.30. The number of benzene rings is 1. The van der Waals surface area contributed by atoms with Gasteiger partial charge in [-0.05, 0) is 19.4 Å². The third-order valence-electron chi connectivity index (χ3n) is 2.90. The van der Waals surface area contributed by atoms with Crippen LogP contribution < -0.4 is 5.73 Å². The van der Waals surface area contributed by atoms with Crippen LogP contribution in [0.1, 0.15) is 34.5 Å². The molecule has 0 aliphatic rings. The average Bonchev–Trinajstić information content (AvgIpc) is 2.78. The number of hydrogen-bond donors (Lipinski definition) is 1. The normalized spacial score (nSPS) is 12.6. The lowest BCUT2D eigenvalue weighted by Gasteiger charge is -2.05. The monoisotopic (exact) mass is 261 g/mol. The SMILES string of the molecule is COC(CN)c1nc(Cc2cc(C)cc(C)c2)no1. The topological polar surface area (TPSA) is 74.2 Å². The Bertz CT molecular complexity index is 527. The Morgan fingerprint density at radius 1 is 1.26 bits per heavy atom. The largest absolute Gasteiger partial charge is 0.370 e. The molecular formula is C14H19N3O2. The van der Waals surface area contributed by atoms with Crippen molar-refractivity contribution in [2.45, 2.75) is 26.4 Å². The zero-order valence-electron chi connectivity index (χ0n) is 11.5. The van der Waals surface area contributed by atoms with E-state index in [-0.39, 0.29) is 6.10 Å². The van der Waals surface area contributed by atoms with E-state index in [1.165, 1.54) is 16.7 Å². The van der Waals surface area contributed by atoms with Gasteiger partial charge in [-0.1, -0.05) is 34.5 Å². The molecule has 1 aromatic carbocycles. The molecule has 0 radical (unpaired) electrons. The third kappa shape index (κ3) is 3.39. The van der Waals surface area contributed by atoms with Crippen LogP contribution in [0.4, 0.5) is 0 Å². The van der Waals surface area contributed by atoms with Crippen LogP contribution in [0.5, 0.6) is 0 Å². The van der Waals surface area contributed by atoms with Crippen molar-refractivity contribution < 1.29 is 9.26 Å². The number of methoxy groups -OCH3 is 1. The van der Waals surface area contributed by atoms with E-state index in [0.29, 0.717) is 24.7 Å². The number of aromatic nitrogens is 2. The number of aryl methyl sites for hydroxylation is 2. The highest BCUT2D eigenvalue weighted by Gasteiger charge is 2.16. The van der Waals surface area contributed by atoms with Crippen LogP contribution in [0.25, 0.3) is 0 Å². The summed E-state index contributed by atoms with van der Waals surface area (Å²) in [4.78, 5) is 4.32. The lowest BCUT2D eigenvalue weighted by Crippen LogP contribution is -2.14. The van der Waals surface area contributed by atoms with Gasteiger partial charge in [-0.15, -0.1) is 0 Å². The maximum atomic E-state index is 5.56. The Balaban J connectivity index is 2.15. The van der Waals surface area contributed by atoms with Crippen LogP contribution in [0.2, 0.25) is 0 Å². The van der Waals surface area contributed by atoms with Crippen molar-refractivity contribution in [1.29, 1.82) is 0 Å². The summed E-state index contributed by atoms with van der Waals surface area (Å²) in [5.74, 6) is 1.08. The van der Waals surface area contributed by atoms with E-state index in [0.717, 1.165) is 0 Å². The van der Waals surface area contributed by atoms with E-state index in [1.54, 1.807) is 7.11 Å². The second-order valence-corrected chi connectivity index (χ2v) is 4.68. The fourth-order valence-corrected chi connectivity index (χ4v) is 2.12. The summed E-state index contributed by atoms with van der Waals surface area (Å²) in [5.41, 5.74) is 9.20. The summed E-state index contributed by atoms with van der Waals surface area (Å²) in [6.07, 6.45) is 0.313. The van der Waals surface area contributed by atoms with E-state index < -0.39 is 0 Å². The Morgan fingerprint density at radius 2 is 1.95 bits per heavy atom. The molecule has 2 rings (SSSR count). The minimum Gasteiger partial charge on any atom is -0.370 e. The molecule has 19 heavy (non-hydrogen) atoms. The molecule has 1 aromatic heterocycles. The van der Waals surface area contributed by atoms with Crippen molar-refractivity contribution in [3.05, 3.63) is 46.6 Å². The molecule has 0 aliphatic carbocycles. The van der Waals surface area contributed by atoms with Gasteiger partial charge >= 0.3 is 0 Å². The van der Waals surface area contributed by atoms with E-state index in [9.17, 15) is 0 Å². The highest BCUT2D eigenvalue weighted by atomic mass is 16.5. The highest BCUT2D eigenvalue weighted by Crippen LogP contribution is 2.16. The van der Waals surface area contributed by atoms with Crippen LogP contribution in [0.15, 0.2) is 22.7 Å². The second-order valence-electron chi connectivity index (χ2n) is 4.68. The maximum Gasteiger partial charge on any atom is 0.257 e. The van der Waals surface area contributed by atoms with Crippen LogP contribution in [-0.2, 0) is 11.2 Å². The smallest absolute Gasteiger partial charge is 0.257 e. The van der Waals surface area contributed by atoms with Gasteiger partial charge in [-0.2, -0.15) is 4.98 Å². The molecule has 0 bridgehead atoms. The average molecular weight is 261 g/mol. The van der Waals surface area contributed by atoms with Gasteiger partial charge in [0.1, 0.15) is 6.10 Å². The second kappa shape index (κ2) is 5.95. The Morgan fingerprint density at radius 3 is 2.53 bits per heavy atom. The minimum atomic E-state index is -0.333. The predicted molar refractivity (Wildman–Crippen MR) is 71.8 cm³/mol. The Labute approximate surface area is 112 Å². The molecule has 1 heterocycles. The summed E-state index contributed by atoms with van der Waals surface area (Å²) >= 11 is 0. The summed E-state index contributed by atoms with van der Waals surface area (Å²) in [6.45, 7) is 4.47. The molecule has 1 atom stereocenters. The van der Waals surface area contributed by atoms with Crippen LogP contribution in [-0.4, -0.2) is 23.8 Å². The number of ether oxygens (including phenoxy) is 1. The van der Waals surface area contributed by atoms with E-state index in [4.69, 9.17) is 15.0 Å². The summed E-state index contributed by atoms with van der Waals surface area (Å²) in [6, 6.07) is 6.39. The maximum absolute atomic E-state index is 5.56. The van der Waals surface area contributed by atoms with E-state index in [2.05, 4.69) is 42.2 Å². The summed E-state index contributed by atoms with van der Waals surface area (Å²) in [5, 5.41) is 3.97. The predicted octanol–water partition coefficient (Wildman–Crippen LogP) is 1.92. The molecule has 5 heteroatoms. The first-order valence-corrected chi connectivity index (χ1v) is 6.25. The molecule has 102 valence electrons. The number of rotatable bonds is 5. The molecule has 1 unspecified atom stereocenters. The van der Waals surface area contributed by atoms with Crippen LogP contribution in [0.3, 0.4) is 0 Å². The van der Waals surface area contributed by atoms with Gasteiger partial charge in [0, 0.05) is 20.1 Å². The first-order chi connectivity index (χ1) is 9.12.